The van der Waals surface area contributed by atoms with Crippen LogP contribution >= 0.6 is 0 Å². The number of benzene rings is 1. The van der Waals surface area contributed by atoms with E-state index in [1.165, 1.54) is 0 Å². The second-order valence-corrected chi connectivity index (χ2v) is 7.68. The van der Waals surface area contributed by atoms with E-state index in [-0.39, 0.29) is 12.1 Å². The molecular weight excluding hydrogens is 314 g/mol. The zero-order valence-corrected chi connectivity index (χ0v) is 14.1. The summed E-state index contributed by atoms with van der Waals surface area (Å²) in [6.07, 6.45) is 4.82. The third kappa shape index (κ3) is 3.80. The number of aryl methyl sites for hydroxylation is 2. The molecule has 2 aromatic rings. The fourth-order valence-corrected chi connectivity index (χ4v) is 4.03. The summed E-state index contributed by atoms with van der Waals surface area (Å²) in [7, 11) is -1.65. The number of sulfonamides is 1. The molecule has 0 radical (unpaired) electrons. The summed E-state index contributed by atoms with van der Waals surface area (Å²) >= 11 is 0. The molecule has 2 atom stereocenters. The van der Waals surface area contributed by atoms with Crippen molar-refractivity contribution in [2.24, 2.45) is 7.05 Å². The van der Waals surface area contributed by atoms with Gasteiger partial charge in [-0.1, -0.05) is 17.7 Å². The lowest BCUT2D eigenvalue weighted by molar-refractivity contribution is 0.00401. The summed E-state index contributed by atoms with van der Waals surface area (Å²) in [6.45, 7) is 2.46. The Kier molecular flexibility index (Phi) is 4.52. The van der Waals surface area contributed by atoms with Gasteiger partial charge >= 0.3 is 0 Å². The van der Waals surface area contributed by atoms with Crippen molar-refractivity contribution >= 4 is 10.0 Å². The van der Waals surface area contributed by atoms with Crippen LogP contribution in [0.25, 0.3) is 0 Å². The number of ether oxygens (including phenoxy) is 1. The number of hydrogen-bond acceptors (Lipinski definition) is 4. The quantitative estimate of drug-likeness (QED) is 0.926. The smallest absolute Gasteiger partial charge is 0.240 e. The van der Waals surface area contributed by atoms with Crippen LogP contribution < -0.4 is 4.72 Å². The number of aromatic nitrogens is 2. The van der Waals surface area contributed by atoms with E-state index in [0.717, 1.165) is 11.1 Å². The molecule has 3 rings (SSSR count). The van der Waals surface area contributed by atoms with E-state index in [1.54, 1.807) is 35.1 Å². The van der Waals surface area contributed by atoms with Crippen molar-refractivity contribution in [2.45, 2.75) is 36.8 Å². The maximum Gasteiger partial charge on any atom is 0.240 e. The average Bonchev–Trinajstić information content (AvgIpc) is 2.94. The molecule has 6 nitrogen and oxygen atoms in total. The van der Waals surface area contributed by atoms with Crippen molar-refractivity contribution in [1.82, 2.24) is 14.5 Å². The molecular formula is C16H21N3O3S. The summed E-state index contributed by atoms with van der Waals surface area (Å²) in [4.78, 5) is 0.299. The molecule has 0 spiro atoms. The van der Waals surface area contributed by atoms with Crippen molar-refractivity contribution < 1.29 is 13.2 Å². The maximum absolute atomic E-state index is 12.5. The molecule has 7 heteroatoms. The van der Waals surface area contributed by atoms with Crippen molar-refractivity contribution in [1.29, 1.82) is 0 Å². The van der Waals surface area contributed by atoms with Crippen LogP contribution in [0.3, 0.4) is 0 Å². The predicted octanol–water partition coefficient (Wildman–Crippen LogP) is 1.93. The van der Waals surface area contributed by atoms with E-state index in [1.807, 2.05) is 20.2 Å². The maximum atomic E-state index is 12.5. The van der Waals surface area contributed by atoms with Crippen LogP contribution in [0.5, 0.6) is 0 Å². The van der Waals surface area contributed by atoms with Gasteiger partial charge in [0.2, 0.25) is 10.0 Å². The highest BCUT2D eigenvalue weighted by molar-refractivity contribution is 7.89. The van der Waals surface area contributed by atoms with Crippen molar-refractivity contribution in [3.8, 4) is 0 Å². The first kappa shape index (κ1) is 16.2. The number of nitrogens with zero attached hydrogens (tertiary/aromatic N) is 2. The molecule has 0 saturated carbocycles. The fourth-order valence-electron chi connectivity index (χ4n) is 2.75. The summed E-state index contributed by atoms with van der Waals surface area (Å²) in [5, 5.41) is 4.15. The Bertz CT molecular complexity index is 768. The van der Waals surface area contributed by atoms with Crippen LogP contribution in [-0.4, -0.2) is 30.8 Å². The Labute approximate surface area is 136 Å². The van der Waals surface area contributed by atoms with Gasteiger partial charge in [-0.05, 0) is 31.9 Å². The van der Waals surface area contributed by atoms with Crippen LogP contribution in [0, 0.1) is 6.92 Å². The first-order valence-corrected chi connectivity index (χ1v) is 9.11. The topological polar surface area (TPSA) is 73.2 Å². The minimum Gasteiger partial charge on any atom is -0.373 e. The van der Waals surface area contributed by atoms with Gasteiger partial charge in [-0.2, -0.15) is 5.10 Å². The van der Waals surface area contributed by atoms with E-state index in [4.69, 9.17) is 4.74 Å². The van der Waals surface area contributed by atoms with Crippen LogP contribution in [0.2, 0.25) is 0 Å². The molecule has 2 heterocycles. The van der Waals surface area contributed by atoms with E-state index in [9.17, 15) is 8.42 Å². The summed E-state index contributed by atoms with van der Waals surface area (Å²) < 4.78 is 35.3. The lowest BCUT2D eigenvalue weighted by Crippen LogP contribution is -2.39. The highest BCUT2D eigenvalue weighted by Crippen LogP contribution is 2.28. The lowest BCUT2D eigenvalue weighted by Gasteiger charge is -2.29. The van der Waals surface area contributed by atoms with Crippen LogP contribution in [0.1, 0.15) is 30.1 Å². The fraction of sp³-hybridized carbons (Fsp3) is 0.438. The van der Waals surface area contributed by atoms with Crippen LogP contribution in [-0.2, 0) is 21.8 Å². The molecule has 124 valence electrons. The van der Waals surface area contributed by atoms with Crippen molar-refractivity contribution in [2.75, 3.05) is 6.61 Å². The van der Waals surface area contributed by atoms with Crippen LogP contribution in [0.4, 0.5) is 0 Å². The molecule has 1 aliphatic heterocycles. The van der Waals surface area contributed by atoms with Gasteiger partial charge in [-0.3, -0.25) is 4.68 Å². The van der Waals surface area contributed by atoms with Gasteiger partial charge < -0.3 is 4.74 Å². The molecule has 1 saturated heterocycles. The van der Waals surface area contributed by atoms with E-state index in [2.05, 4.69) is 9.82 Å². The minimum absolute atomic E-state index is 0.122. The van der Waals surface area contributed by atoms with Gasteiger partial charge in [0.15, 0.2) is 0 Å². The second kappa shape index (κ2) is 6.43. The highest BCUT2D eigenvalue weighted by Gasteiger charge is 2.28. The molecule has 1 fully saturated rings. The summed E-state index contributed by atoms with van der Waals surface area (Å²) in [5.41, 5.74) is 2.01. The van der Waals surface area contributed by atoms with Gasteiger partial charge in [-0.15, -0.1) is 0 Å². The van der Waals surface area contributed by atoms with Gasteiger partial charge in [0.05, 0.1) is 17.2 Å². The van der Waals surface area contributed by atoms with Gasteiger partial charge in [-0.25, -0.2) is 13.1 Å². The second-order valence-electron chi connectivity index (χ2n) is 5.96. The zero-order chi connectivity index (χ0) is 16.4. The standard InChI is InChI=1S/C16H21N3O3S/c1-12-3-5-15(6-4-12)23(20,21)18-14-7-8-22-16(9-14)13-10-17-19(2)11-13/h3-6,10-11,14,16,18H,7-9H2,1-2H3/t14-,16+/m0/s1. The lowest BCUT2D eigenvalue weighted by atomic mass is 10.0. The first-order valence-electron chi connectivity index (χ1n) is 7.63. The van der Waals surface area contributed by atoms with Gasteiger partial charge in [0, 0.05) is 31.5 Å². The summed E-state index contributed by atoms with van der Waals surface area (Å²) in [5.74, 6) is 0. The monoisotopic (exact) mass is 335 g/mol. The molecule has 1 aliphatic rings. The van der Waals surface area contributed by atoms with Crippen molar-refractivity contribution in [3.05, 3.63) is 47.8 Å². The highest BCUT2D eigenvalue weighted by atomic mass is 32.2. The number of hydrogen-bond donors (Lipinski definition) is 1. The van der Waals surface area contributed by atoms with E-state index in [0.29, 0.717) is 24.3 Å². The third-order valence-electron chi connectivity index (χ3n) is 4.03. The Hall–Kier alpha value is -1.70. The minimum atomic E-state index is -3.50. The number of rotatable bonds is 4. The normalized spacial score (nSPS) is 22.2. The molecule has 1 aromatic carbocycles. The van der Waals surface area contributed by atoms with E-state index < -0.39 is 10.0 Å². The largest absolute Gasteiger partial charge is 0.373 e. The molecule has 23 heavy (non-hydrogen) atoms. The summed E-state index contributed by atoms with van der Waals surface area (Å²) in [6, 6.07) is 6.74. The molecule has 1 N–H and O–H groups in total. The molecule has 0 unspecified atom stereocenters. The predicted molar refractivity (Wildman–Crippen MR) is 86.4 cm³/mol. The van der Waals surface area contributed by atoms with Gasteiger partial charge in [0.25, 0.3) is 0 Å². The molecule has 1 aromatic heterocycles. The average molecular weight is 335 g/mol. The Morgan fingerprint density at radius 1 is 1.30 bits per heavy atom. The zero-order valence-electron chi connectivity index (χ0n) is 13.3. The number of nitrogens with one attached hydrogen (secondary N) is 1. The molecule has 0 amide bonds. The molecule has 0 bridgehead atoms. The third-order valence-corrected chi connectivity index (χ3v) is 5.57. The van der Waals surface area contributed by atoms with Crippen molar-refractivity contribution in [3.63, 3.8) is 0 Å². The Balaban J connectivity index is 1.70. The SMILES string of the molecule is Cc1ccc(S(=O)(=O)N[C@H]2CCO[C@@H](c3cnn(C)c3)C2)cc1. The Morgan fingerprint density at radius 3 is 2.70 bits per heavy atom. The van der Waals surface area contributed by atoms with E-state index >= 15 is 0 Å². The van der Waals surface area contributed by atoms with Crippen LogP contribution in [0.15, 0.2) is 41.6 Å². The Morgan fingerprint density at radius 2 is 2.04 bits per heavy atom. The van der Waals surface area contributed by atoms with Gasteiger partial charge in [0.1, 0.15) is 0 Å². The first-order chi connectivity index (χ1) is 10.9. The molecule has 0 aliphatic carbocycles.